The molecular formula is C17H19N3O4. The number of hydrogen-bond donors (Lipinski definition) is 3. The van der Waals surface area contributed by atoms with E-state index in [4.69, 9.17) is 15.9 Å². The third kappa shape index (κ3) is 8.40. The van der Waals surface area contributed by atoms with E-state index >= 15 is 0 Å². The number of hydrogen-bond acceptors (Lipinski definition) is 5. The molecule has 1 atom stereocenters. The second kappa shape index (κ2) is 10.6. The Labute approximate surface area is 139 Å². The maximum Gasteiger partial charge on any atom is 0.320 e. The van der Waals surface area contributed by atoms with Crippen LogP contribution in [0.5, 0.6) is 0 Å². The van der Waals surface area contributed by atoms with E-state index in [0.717, 1.165) is 11.4 Å². The molecule has 126 valence electrons. The Morgan fingerprint density at radius 2 is 1.29 bits per heavy atom. The van der Waals surface area contributed by atoms with Crippen LogP contribution in [0.15, 0.2) is 70.9 Å². The van der Waals surface area contributed by atoms with Crippen LogP contribution in [-0.2, 0) is 9.59 Å². The fourth-order valence-electron chi connectivity index (χ4n) is 1.51. The predicted octanol–water partition coefficient (Wildman–Crippen LogP) is 3.37. The van der Waals surface area contributed by atoms with Gasteiger partial charge in [0.25, 0.3) is 0 Å². The molecular weight excluding hydrogens is 310 g/mol. The first-order chi connectivity index (χ1) is 11.5. The average Bonchev–Trinajstić information content (AvgIpc) is 2.60. The van der Waals surface area contributed by atoms with Crippen LogP contribution in [0.1, 0.15) is 12.8 Å². The largest absolute Gasteiger partial charge is 0.481 e. The third-order valence-corrected chi connectivity index (χ3v) is 2.78. The second-order valence-corrected chi connectivity index (χ2v) is 4.75. The van der Waals surface area contributed by atoms with Gasteiger partial charge in [-0.3, -0.25) is 9.59 Å². The number of benzene rings is 2. The Balaban J connectivity index is 0.000000257. The van der Waals surface area contributed by atoms with Gasteiger partial charge >= 0.3 is 11.9 Å². The van der Waals surface area contributed by atoms with E-state index in [9.17, 15) is 9.59 Å². The minimum atomic E-state index is -1.17. The summed E-state index contributed by atoms with van der Waals surface area (Å²) in [6.07, 6.45) is -0.224. The summed E-state index contributed by atoms with van der Waals surface area (Å²) >= 11 is 0. The second-order valence-electron chi connectivity index (χ2n) is 4.75. The minimum absolute atomic E-state index is 0.0231. The van der Waals surface area contributed by atoms with Crippen LogP contribution in [0.2, 0.25) is 0 Å². The highest BCUT2D eigenvalue weighted by atomic mass is 16.4. The Bertz CT molecular complexity index is 619. The van der Waals surface area contributed by atoms with Crippen molar-refractivity contribution in [3.8, 4) is 0 Å². The van der Waals surface area contributed by atoms with Crippen LogP contribution in [0.3, 0.4) is 0 Å². The van der Waals surface area contributed by atoms with Crippen LogP contribution < -0.4 is 5.73 Å². The monoisotopic (exact) mass is 329 g/mol. The van der Waals surface area contributed by atoms with Crippen molar-refractivity contribution >= 4 is 23.3 Å². The molecule has 0 amide bonds. The maximum absolute atomic E-state index is 9.99. The molecule has 0 aliphatic rings. The number of aliphatic carboxylic acids is 2. The molecule has 0 aromatic heterocycles. The van der Waals surface area contributed by atoms with Gasteiger partial charge in [0.2, 0.25) is 0 Å². The van der Waals surface area contributed by atoms with Crippen LogP contribution >= 0.6 is 0 Å². The first-order valence-corrected chi connectivity index (χ1v) is 7.21. The fourth-order valence-corrected chi connectivity index (χ4v) is 1.51. The Morgan fingerprint density at radius 3 is 1.62 bits per heavy atom. The van der Waals surface area contributed by atoms with E-state index < -0.39 is 18.0 Å². The van der Waals surface area contributed by atoms with E-state index in [2.05, 4.69) is 10.2 Å². The molecule has 0 fully saturated rings. The van der Waals surface area contributed by atoms with Gasteiger partial charge in [0.1, 0.15) is 6.04 Å². The Morgan fingerprint density at radius 1 is 0.875 bits per heavy atom. The van der Waals surface area contributed by atoms with Gasteiger partial charge in [0, 0.05) is 6.42 Å². The summed E-state index contributed by atoms with van der Waals surface area (Å²) in [4.78, 5) is 19.9. The van der Waals surface area contributed by atoms with Crippen LogP contribution in [0.4, 0.5) is 11.4 Å². The van der Waals surface area contributed by atoms with Crippen molar-refractivity contribution in [2.45, 2.75) is 18.9 Å². The molecule has 0 unspecified atom stereocenters. The Hall–Kier alpha value is -3.06. The minimum Gasteiger partial charge on any atom is -0.481 e. The lowest BCUT2D eigenvalue weighted by Crippen LogP contribution is -2.30. The lowest BCUT2D eigenvalue weighted by atomic mass is 10.2. The van der Waals surface area contributed by atoms with Gasteiger partial charge in [0.05, 0.1) is 11.4 Å². The van der Waals surface area contributed by atoms with Gasteiger partial charge in [-0.05, 0) is 30.7 Å². The van der Waals surface area contributed by atoms with E-state index in [0.29, 0.717) is 0 Å². The molecule has 2 aromatic rings. The topological polar surface area (TPSA) is 125 Å². The van der Waals surface area contributed by atoms with Gasteiger partial charge in [-0.2, -0.15) is 10.2 Å². The average molecular weight is 329 g/mol. The van der Waals surface area contributed by atoms with Gasteiger partial charge in [-0.25, -0.2) is 0 Å². The Kier molecular flexibility index (Phi) is 8.41. The smallest absolute Gasteiger partial charge is 0.320 e. The summed E-state index contributed by atoms with van der Waals surface area (Å²) in [6.45, 7) is 0. The molecule has 7 nitrogen and oxygen atoms in total. The van der Waals surface area contributed by atoms with Crippen molar-refractivity contribution < 1.29 is 19.8 Å². The fraction of sp³-hybridized carbons (Fsp3) is 0.176. The maximum atomic E-state index is 9.99. The zero-order chi connectivity index (χ0) is 17.8. The number of rotatable bonds is 6. The van der Waals surface area contributed by atoms with Gasteiger partial charge < -0.3 is 15.9 Å². The number of carboxylic acids is 2. The van der Waals surface area contributed by atoms with Gasteiger partial charge in [0.15, 0.2) is 0 Å². The summed E-state index contributed by atoms with van der Waals surface area (Å²) in [5, 5.41) is 24.5. The molecule has 4 N–H and O–H groups in total. The molecule has 24 heavy (non-hydrogen) atoms. The summed E-state index contributed by atoms with van der Waals surface area (Å²) < 4.78 is 0. The van der Waals surface area contributed by atoms with Crippen molar-refractivity contribution in [2.75, 3.05) is 0 Å². The molecule has 0 bridgehead atoms. The number of carbonyl (C=O) groups is 2. The van der Waals surface area contributed by atoms with E-state index in [1.807, 2.05) is 60.7 Å². The van der Waals surface area contributed by atoms with Crippen molar-refractivity contribution in [2.24, 2.45) is 16.0 Å². The standard InChI is InChI=1S/C12H10N2.C5H9NO4/c1-3-7-11(8-4-1)13-14-12-9-5-2-6-10-12;6-3(5(9)10)1-2-4(7)8/h1-10H;3H,1-2,6H2,(H,7,8)(H,9,10)/t;3-/m.0/s1. The molecule has 0 spiro atoms. The first kappa shape index (κ1) is 19.0. The highest BCUT2D eigenvalue weighted by Gasteiger charge is 2.12. The van der Waals surface area contributed by atoms with Crippen molar-refractivity contribution in [1.82, 2.24) is 0 Å². The molecule has 2 rings (SSSR count). The predicted molar refractivity (Wildman–Crippen MR) is 89.5 cm³/mol. The van der Waals surface area contributed by atoms with Crippen molar-refractivity contribution in [3.63, 3.8) is 0 Å². The van der Waals surface area contributed by atoms with E-state index in [1.54, 1.807) is 0 Å². The van der Waals surface area contributed by atoms with Crippen LogP contribution in [0.25, 0.3) is 0 Å². The summed E-state index contributed by atoms with van der Waals surface area (Å²) in [7, 11) is 0. The van der Waals surface area contributed by atoms with Crippen LogP contribution in [-0.4, -0.2) is 28.2 Å². The zero-order valence-electron chi connectivity index (χ0n) is 12.9. The number of nitrogens with zero attached hydrogens (tertiary/aromatic N) is 2. The summed E-state index contributed by atoms with van der Waals surface area (Å²) in [5.74, 6) is -2.20. The molecule has 0 saturated heterocycles. The third-order valence-electron chi connectivity index (χ3n) is 2.78. The van der Waals surface area contributed by atoms with Crippen molar-refractivity contribution in [3.05, 3.63) is 60.7 Å². The summed E-state index contributed by atoms with van der Waals surface area (Å²) in [5.41, 5.74) is 6.75. The highest BCUT2D eigenvalue weighted by molar-refractivity contribution is 5.74. The number of azo groups is 1. The molecule has 0 heterocycles. The molecule has 0 radical (unpaired) electrons. The normalized spacial score (nSPS) is 11.4. The first-order valence-electron chi connectivity index (χ1n) is 7.21. The van der Waals surface area contributed by atoms with Gasteiger partial charge in [-0.1, -0.05) is 36.4 Å². The lowest BCUT2D eigenvalue weighted by Gasteiger charge is -2.01. The number of carboxylic acid groups (broad SMARTS) is 2. The lowest BCUT2D eigenvalue weighted by molar-refractivity contribution is -0.139. The quantitative estimate of drug-likeness (QED) is 0.701. The SMILES string of the molecule is N[C@@H](CCC(=O)O)C(=O)O.c1ccc(N=Nc2ccccc2)cc1. The van der Waals surface area contributed by atoms with Crippen LogP contribution in [0, 0.1) is 0 Å². The molecule has 0 saturated carbocycles. The molecule has 7 heteroatoms. The molecule has 2 aromatic carbocycles. The van der Waals surface area contributed by atoms with Gasteiger partial charge in [-0.15, -0.1) is 0 Å². The van der Waals surface area contributed by atoms with E-state index in [-0.39, 0.29) is 12.8 Å². The highest BCUT2D eigenvalue weighted by Crippen LogP contribution is 2.16. The molecule has 0 aliphatic heterocycles. The number of nitrogens with two attached hydrogens (primary N) is 1. The molecule has 0 aliphatic carbocycles. The van der Waals surface area contributed by atoms with E-state index in [1.165, 1.54) is 0 Å². The zero-order valence-corrected chi connectivity index (χ0v) is 12.9. The summed E-state index contributed by atoms with van der Waals surface area (Å²) in [6, 6.07) is 18.3. The van der Waals surface area contributed by atoms with Crippen molar-refractivity contribution in [1.29, 1.82) is 0 Å².